The quantitative estimate of drug-likeness (QED) is 0.135. The van der Waals surface area contributed by atoms with E-state index in [-0.39, 0.29) is 11.9 Å². The van der Waals surface area contributed by atoms with Gasteiger partial charge in [-0.1, -0.05) is 127 Å². The Kier molecular flexibility index (Phi) is 8.32. The number of rotatable bonds is 9. The van der Waals surface area contributed by atoms with E-state index in [9.17, 15) is 9.59 Å². The first kappa shape index (κ1) is 30.3. The third kappa shape index (κ3) is 5.43. The number of hydrogen-bond donors (Lipinski definition) is 1. The van der Waals surface area contributed by atoms with Gasteiger partial charge in [-0.3, -0.25) is 19.8 Å². The molecule has 1 amide bonds. The fourth-order valence-electron chi connectivity index (χ4n) is 6.42. The number of hydrogen-bond acceptors (Lipinski definition) is 4. The van der Waals surface area contributed by atoms with E-state index in [1.54, 1.807) is 4.90 Å². The molecule has 0 spiro atoms. The standard InChI is InChI=1S/C39H35ClN2O3/c1-38(2)32-20-13-21-33(40)35(32)42(37(38)44)31-24-22-27(23-25-31)26-34(36(43)45-3)41-39(28-14-7-4-8-15-28,29-16-9-5-10-17-29)30-18-11-6-12-19-30/h4-25,34,41H,26H2,1-3H3. The van der Waals surface area contributed by atoms with Crippen LogP contribution in [0.5, 0.6) is 0 Å². The van der Waals surface area contributed by atoms with Gasteiger partial charge in [0.15, 0.2) is 0 Å². The largest absolute Gasteiger partial charge is 0.468 e. The maximum absolute atomic E-state index is 13.6. The SMILES string of the molecule is COC(=O)C(Cc1ccc(N2C(=O)C(C)(C)c3cccc(Cl)c32)cc1)NC(c1ccccc1)(c1ccccc1)c1ccccc1. The van der Waals surface area contributed by atoms with E-state index in [0.717, 1.165) is 39.2 Å². The van der Waals surface area contributed by atoms with Gasteiger partial charge in [0.05, 0.1) is 28.8 Å². The lowest BCUT2D eigenvalue weighted by atomic mass is 9.76. The van der Waals surface area contributed by atoms with Crippen LogP contribution in [0.25, 0.3) is 0 Å². The number of nitrogens with zero attached hydrogens (tertiary/aromatic N) is 1. The van der Waals surface area contributed by atoms with Gasteiger partial charge >= 0.3 is 5.97 Å². The van der Waals surface area contributed by atoms with Crippen LogP contribution in [0.4, 0.5) is 11.4 Å². The topological polar surface area (TPSA) is 58.6 Å². The number of carbonyl (C=O) groups is 2. The van der Waals surface area contributed by atoms with Crippen LogP contribution in [0.2, 0.25) is 5.02 Å². The van der Waals surface area contributed by atoms with E-state index in [4.69, 9.17) is 16.3 Å². The predicted molar refractivity (Wildman–Crippen MR) is 180 cm³/mol. The number of anilines is 2. The van der Waals surface area contributed by atoms with Gasteiger partial charge in [-0.15, -0.1) is 0 Å². The van der Waals surface area contributed by atoms with Gasteiger partial charge in [0, 0.05) is 5.69 Å². The van der Waals surface area contributed by atoms with Crippen LogP contribution >= 0.6 is 11.6 Å². The van der Waals surface area contributed by atoms with Crippen molar-refractivity contribution in [2.45, 2.75) is 37.3 Å². The number of methoxy groups -OCH3 is 1. The summed E-state index contributed by atoms with van der Waals surface area (Å²) >= 11 is 6.62. The zero-order valence-electron chi connectivity index (χ0n) is 25.5. The molecule has 0 bridgehead atoms. The molecule has 0 fully saturated rings. The van der Waals surface area contributed by atoms with Gasteiger partial charge in [-0.05, 0) is 66.3 Å². The number of nitrogens with one attached hydrogen (secondary N) is 1. The first-order valence-corrected chi connectivity index (χ1v) is 15.4. The van der Waals surface area contributed by atoms with Gasteiger partial charge in [0.2, 0.25) is 5.91 Å². The lowest BCUT2D eigenvalue weighted by Crippen LogP contribution is -2.53. The van der Waals surface area contributed by atoms with Crippen molar-refractivity contribution in [1.29, 1.82) is 0 Å². The average molecular weight is 615 g/mol. The molecule has 1 aliphatic rings. The second kappa shape index (κ2) is 12.4. The number of benzene rings is 5. The minimum absolute atomic E-state index is 0.0363. The summed E-state index contributed by atoms with van der Waals surface area (Å²) in [5.74, 6) is -0.408. The van der Waals surface area contributed by atoms with Crippen LogP contribution in [0.15, 0.2) is 133 Å². The molecule has 6 rings (SSSR count). The maximum Gasteiger partial charge on any atom is 0.323 e. The Labute approximate surface area is 269 Å². The Hall–Kier alpha value is -4.71. The van der Waals surface area contributed by atoms with Gasteiger partial charge < -0.3 is 4.74 Å². The van der Waals surface area contributed by atoms with Crippen molar-refractivity contribution in [3.8, 4) is 0 Å². The number of para-hydroxylation sites is 1. The second-order valence-electron chi connectivity index (χ2n) is 11.8. The predicted octanol–water partition coefficient (Wildman–Crippen LogP) is 7.96. The van der Waals surface area contributed by atoms with Crippen molar-refractivity contribution < 1.29 is 14.3 Å². The molecule has 0 saturated carbocycles. The molecule has 0 aromatic heterocycles. The minimum Gasteiger partial charge on any atom is -0.468 e. The fourth-order valence-corrected chi connectivity index (χ4v) is 6.68. The normalized spacial score (nSPS) is 14.6. The number of fused-ring (bicyclic) bond motifs is 1. The molecule has 1 unspecified atom stereocenters. The zero-order chi connectivity index (χ0) is 31.6. The van der Waals surface area contributed by atoms with E-state index < -0.39 is 17.0 Å². The number of halogens is 1. The Morgan fingerprint density at radius 3 is 1.78 bits per heavy atom. The third-order valence-corrected chi connectivity index (χ3v) is 9.06. The highest BCUT2D eigenvalue weighted by Crippen LogP contribution is 2.48. The molecule has 1 aliphatic heterocycles. The summed E-state index contributed by atoms with van der Waals surface area (Å²) in [4.78, 5) is 28.8. The molecule has 1 heterocycles. The highest BCUT2D eigenvalue weighted by atomic mass is 35.5. The minimum atomic E-state index is -0.851. The van der Waals surface area contributed by atoms with E-state index in [1.165, 1.54) is 7.11 Å². The van der Waals surface area contributed by atoms with Crippen molar-refractivity contribution in [2.75, 3.05) is 12.0 Å². The first-order valence-electron chi connectivity index (χ1n) is 15.0. The first-order chi connectivity index (χ1) is 21.8. The van der Waals surface area contributed by atoms with Crippen molar-refractivity contribution in [3.05, 3.63) is 166 Å². The smallest absolute Gasteiger partial charge is 0.323 e. The van der Waals surface area contributed by atoms with Gasteiger partial charge in [-0.25, -0.2) is 0 Å². The molecule has 6 heteroatoms. The molecular weight excluding hydrogens is 580 g/mol. The average Bonchev–Trinajstić information content (AvgIpc) is 3.29. The number of carbonyl (C=O) groups excluding carboxylic acids is 2. The lowest BCUT2D eigenvalue weighted by molar-refractivity contribution is -0.143. The van der Waals surface area contributed by atoms with Crippen LogP contribution in [0.3, 0.4) is 0 Å². The molecule has 226 valence electrons. The molecule has 0 aliphatic carbocycles. The summed E-state index contributed by atoms with van der Waals surface area (Å²) in [6, 6.07) is 43.1. The number of ether oxygens (including phenoxy) is 1. The molecule has 5 nitrogen and oxygen atoms in total. The second-order valence-corrected chi connectivity index (χ2v) is 12.2. The van der Waals surface area contributed by atoms with Crippen molar-refractivity contribution in [2.24, 2.45) is 0 Å². The molecule has 1 N–H and O–H groups in total. The fraction of sp³-hybridized carbons (Fsp3) is 0.179. The summed E-state index contributed by atoms with van der Waals surface area (Å²) in [5, 5.41) is 4.30. The summed E-state index contributed by atoms with van der Waals surface area (Å²) in [6.07, 6.45) is 0.359. The van der Waals surface area contributed by atoms with Crippen molar-refractivity contribution in [3.63, 3.8) is 0 Å². The molecule has 5 aromatic rings. The van der Waals surface area contributed by atoms with E-state index in [2.05, 4.69) is 41.7 Å². The summed E-state index contributed by atoms with van der Waals surface area (Å²) in [6.45, 7) is 3.84. The Balaban J connectivity index is 1.39. The lowest BCUT2D eigenvalue weighted by Gasteiger charge is -2.39. The molecule has 0 saturated heterocycles. The van der Waals surface area contributed by atoms with Gasteiger partial charge in [-0.2, -0.15) is 0 Å². The molecule has 1 atom stereocenters. The van der Waals surface area contributed by atoms with Crippen LogP contribution < -0.4 is 10.2 Å². The van der Waals surface area contributed by atoms with Gasteiger partial charge in [0.1, 0.15) is 6.04 Å². The van der Waals surface area contributed by atoms with E-state index >= 15 is 0 Å². The Morgan fingerprint density at radius 1 is 0.778 bits per heavy atom. The highest BCUT2D eigenvalue weighted by molar-refractivity contribution is 6.35. The Morgan fingerprint density at radius 2 is 1.29 bits per heavy atom. The summed E-state index contributed by atoms with van der Waals surface area (Å²) in [5.41, 5.74) is 4.69. The third-order valence-electron chi connectivity index (χ3n) is 8.75. The van der Waals surface area contributed by atoms with Crippen molar-refractivity contribution in [1.82, 2.24) is 5.32 Å². The van der Waals surface area contributed by atoms with E-state index in [0.29, 0.717) is 11.4 Å². The number of esters is 1. The molecule has 0 radical (unpaired) electrons. The van der Waals surface area contributed by atoms with Crippen LogP contribution in [0, 0.1) is 0 Å². The van der Waals surface area contributed by atoms with Crippen LogP contribution in [-0.2, 0) is 31.7 Å². The molecular formula is C39H35ClN2O3. The van der Waals surface area contributed by atoms with E-state index in [1.807, 2.05) is 111 Å². The monoisotopic (exact) mass is 614 g/mol. The highest BCUT2D eigenvalue weighted by Gasteiger charge is 2.45. The summed E-state index contributed by atoms with van der Waals surface area (Å²) in [7, 11) is 1.41. The molecule has 5 aromatic carbocycles. The Bertz CT molecular complexity index is 1710. The molecule has 45 heavy (non-hydrogen) atoms. The maximum atomic E-state index is 13.6. The van der Waals surface area contributed by atoms with Gasteiger partial charge in [0.25, 0.3) is 0 Å². The van der Waals surface area contributed by atoms with Crippen molar-refractivity contribution >= 4 is 34.9 Å². The van der Waals surface area contributed by atoms with Crippen LogP contribution in [-0.4, -0.2) is 25.0 Å². The number of amides is 1. The van der Waals surface area contributed by atoms with Crippen LogP contribution in [0.1, 0.15) is 41.7 Å². The zero-order valence-corrected chi connectivity index (χ0v) is 26.3. The summed E-state index contributed by atoms with van der Waals surface area (Å²) < 4.78 is 5.36.